The molecule has 1 unspecified atom stereocenters. The van der Waals surface area contributed by atoms with Crippen LogP contribution in [-0.2, 0) is 0 Å². The summed E-state index contributed by atoms with van der Waals surface area (Å²) in [5.74, 6) is 6.73. The van der Waals surface area contributed by atoms with Crippen molar-refractivity contribution in [1.82, 2.24) is 9.97 Å². The number of hydrazine groups is 1. The molecular formula is C11H15N5S. The van der Waals surface area contributed by atoms with E-state index in [1.54, 1.807) is 11.3 Å². The molecule has 2 heterocycles. The fourth-order valence-electron chi connectivity index (χ4n) is 1.45. The van der Waals surface area contributed by atoms with E-state index in [0.29, 0.717) is 5.82 Å². The van der Waals surface area contributed by atoms with Crippen LogP contribution in [0.2, 0.25) is 0 Å². The number of aryl methyl sites for hydroxylation is 1. The van der Waals surface area contributed by atoms with Gasteiger partial charge in [-0.15, -0.1) is 11.3 Å². The number of nitrogen functional groups attached to an aromatic ring is 1. The summed E-state index contributed by atoms with van der Waals surface area (Å²) in [6, 6.07) is 5.74. The highest BCUT2D eigenvalue weighted by Crippen LogP contribution is 2.22. The zero-order valence-electron chi connectivity index (χ0n) is 9.77. The van der Waals surface area contributed by atoms with Gasteiger partial charge in [-0.1, -0.05) is 6.07 Å². The first-order valence-corrected chi connectivity index (χ1v) is 6.13. The van der Waals surface area contributed by atoms with Gasteiger partial charge in [0.05, 0.1) is 6.04 Å². The molecule has 0 fully saturated rings. The number of nitrogens with two attached hydrogens (primary N) is 1. The second kappa shape index (κ2) is 5.11. The SMILES string of the molecule is Cc1cnc(C(C)Nc2cccc(NN)n2)s1. The van der Waals surface area contributed by atoms with Gasteiger partial charge in [-0.2, -0.15) is 0 Å². The summed E-state index contributed by atoms with van der Waals surface area (Å²) in [4.78, 5) is 9.84. The standard InChI is InChI=1S/C11H15N5S/c1-7-6-13-11(17-7)8(2)14-9-4-3-5-10(15-9)16-12/h3-6,8H,12H2,1-2H3,(H2,14,15,16). The number of hydrogen-bond donors (Lipinski definition) is 3. The monoisotopic (exact) mass is 249 g/mol. The molecule has 0 saturated carbocycles. The van der Waals surface area contributed by atoms with Gasteiger partial charge in [-0.3, -0.25) is 0 Å². The highest BCUT2D eigenvalue weighted by Gasteiger charge is 2.09. The first-order chi connectivity index (χ1) is 8.19. The maximum absolute atomic E-state index is 5.31. The predicted molar refractivity (Wildman–Crippen MR) is 70.9 cm³/mol. The number of pyridine rings is 1. The van der Waals surface area contributed by atoms with Crippen molar-refractivity contribution in [3.8, 4) is 0 Å². The van der Waals surface area contributed by atoms with Crippen molar-refractivity contribution in [2.75, 3.05) is 10.7 Å². The van der Waals surface area contributed by atoms with Gasteiger partial charge in [0.15, 0.2) is 0 Å². The summed E-state index contributed by atoms with van der Waals surface area (Å²) in [6.07, 6.45) is 1.88. The Kier molecular flexibility index (Phi) is 3.55. The molecule has 0 aliphatic heterocycles. The Hall–Kier alpha value is -1.66. The Bertz CT molecular complexity index is 496. The summed E-state index contributed by atoms with van der Waals surface area (Å²) in [7, 11) is 0. The maximum atomic E-state index is 5.31. The molecule has 0 aliphatic carbocycles. The second-order valence-electron chi connectivity index (χ2n) is 3.73. The summed E-state index contributed by atoms with van der Waals surface area (Å²) in [5, 5.41) is 4.34. The minimum Gasteiger partial charge on any atom is -0.361 e. The van der Waals surface area contributed by atoms with Crippen molar-refractivity contribution >= 4 is 23.0 Å². The second-order valence-corrected chi connectivity index (χ2v) is 4.99. The van der Waals surface area contributed by atoms with Crippen LogP contribution in [0.3, 0.4) is 0 Å². The molecule has 17 heavy (non-hydrogen) atoms. The van der Waals surface area contributed by atoms with Crippen LogP contribution in [0.5, 0.6) is 0 Å². The van der Waals surface area contributed by atoms with E-state index in [0.717, 1.165) is 10.8 Å². The molecule has 6 heteroatoms. The average Bonchev–Trinajstić information content (AvgIpc) is 2.76. The van der Waals surface area contributed by atoms with Crippen molar-refractivity contribution in [1.29, 1.82) is 0 Å². The number of aromatic nitrogens is 2. The summed E-state index contributed by atoms with van der Waals surface area (Å²) in [5.41, 5.74) is 2.52. The lowest BCUT2D eigenvalue weighted by molar-refractivity contribution is 0.861. The molecule has 2 aromatic rings. The van der Waals surface area contributed by atoms with Crippen molar-refractivity contribution in [2.24, 2.45) is 5.84 Å². The molecule has 0 aromatic carbocycles. The van der Waals surface area contributed by atoms with Gasteiger partial charge in [0, 0.05) is 11.1 Å². The van der Waals surface area contributed by atoms with Crippen LogP contribution in [-0.4, -0.2) is 9.97 Å². The summed E-state index contributed by atoms with van der Waals surface area (Å²) >= 11 is 1.68. The molecule has 1 atom stereocenters. The zero-order valence-corrected chi connectivity index (χ0v) is 10.6. The van der Waals surface area contributed by atoms with E-state index in [9.17, 15) is 0 Å². The lowest BCUT2D eigenvalue weighted by atomic mass is 10.3. The van der Waals surface area contributed by atoms with Gasteiger partial charge in [0.25, 0.3) is 0 Å². The molecule has 4 N–H and O–H groups in total. The minimum absolute atomic E-state index is 0.134. The number of rotatable bonds is 4. The first-order valence-electron chi connectivity index (χ1n) is 5.31. The number of thiazole rings is 1. The average molecular weight is 249 g/mol. The minimum atomic E-state index is 0.134. The Morgan fingerprint density at radius 2 is 2.12 bits per heavy atom. The smallest absolute Gasteiger partial charge is 0.142 e. The van der Waals surface area contributed by atoms with Crippen LogP contribution in [0.1, 0.15) is 22.9 Å². The van der Waals surface area contributed by atoms with E-state index in [2.05, 4.69) is 27.6 Å². The normalized spacial score (nSPS) is 12.2. The predicted octanol–water partition coefficient (Wildman–Crippen LogP) is 2.31. The van der Waals surface area contributed by atoms with Crippen LogP contribution in [0, 0.1) is 6.92 Å². The van der Waals surface area contributed by atoms with Crippen LogP contribution in [0.15, 0.2) is 24.4 Å². The summed E-state index contributed by atoms with van der Waals surface area (Å²) < 4.78 is 0. The third-order valence-corrected chi connectivity index (χ3v) is 3.37. The lowest BCUT2D eigenvalue weighted by Gasteiger charge is -2.12. The summed E-state index contributed by atoms with van der Waals surface area (Å²) in [6.45, 7) is 4.10. The quantitative estimate of drug-likeness (QED) is 0.572. The van der Waals surface area contributed by atoms with Crippen molar-refractivity contribution in [3.63, 3.8) is 0 Å². The van der Waals surface area contributed by atoms with E-state index >= 15 is 0 Å². The van der Waals surface area contributed by atoms with Crippen LogP contribution in [0.4, 0.5) is 11.6 Å². The van der Waals surface area contributed by atoms with E-state index in [-0.39, 0.29) is 6.04 Å². The van der Waals surface area contributed by atoms with Gasteiger partial charge >= 0.3 is 0 Å². The highest BCUT2D eigenvalue weighted by molar-refractivity contribution is 7.11. The molecule has 0 bridgehead atoms. The Balaban J connectivity index is 2.09. The van der Waals surface area contributed by atoms with Gasteiger partial charge in [-0.25, -0.2) is 15.8 Å². The van der Waals surface area contributed by atoms with Gasteiger partial charge in [-0.05, 0) is 26.0 Å². The molecule has 0 saturated heterocycles. The third-order valence-electron chi connectivity index (χ3n) is 2.27. The third kappa shape index (κ3) is 2.92. The van der Waals surface area contributed by atoms with E-state index in [1.807, 2.05) is 31.3 Å². The van der Waals surface area contributed by atoms with Crippen molar-refractivity contribution in [3.05, 3.63) is 34.3 Å². The molecule has 2 aromatic heterocycles. The number of nitrogens with zero attached hydrogens (tertiary/aromatic N) is 2. The largest absolute Gasteiger partial charge is 0.361 e. The van der Waals surface area contributed by atoms with Crippen LogP contribution >= 0.6 is 11.3 Å². The fraction of sp³-hybridized carbons (Fsp3) is 0.273. The Morgan fingerprint density at radius 3 is 2.76 bits per heavy atom. The molecule has 0 amide bonds. The molecular weight excluding hydrogens is 234 g/mol. The topological polar surface area (TPSA) is 75.9 Å². The Morgan fingerprint density at radius 1 is 1.35 bits per heavy atom. The van der Waals surface area contributed by atoms with E-state index in [1.165, 1.54) is 4.88 Å². The lowest BCUT2D eigenvalue weighted by Crippen LogP contribution is -2.11. The molecule has 90 valence electrons. The number of anilines is 2. The number of hydrogen-bond acceptors (Lipinski definition) is 6. The van der Waals surface area contributed by atoms with Gasteiger partial charge < -0.3 is 10.7 Å². The molecule has 0 aliphatic rings. The molecule has 5 nitrogen and oxygen atoms in total. The van der Waals surface area contributed by atoms with E-state index in [4.69, 9.17) is 5.84 Å². The fourth-order valence-corrected chi connectivity index (χ4v) is 2.23. The maximum Gasteiger partial charge on any atom is 0.142 e. The first kappa shape index (κ1) is 11.8. The molecule has 2 rings (SSSR count). The highest BCUT2D eigenvalue weighted by atomic mass is 32.1. The Labute approximate surface area is 104 Å². The van der Waals surface area contributed by atoms with Gasteiger partial charge in [0.2, 0.25) is 0 Å². The molecule has 0 radical (unpaired) electrons. The van der Waals surface area contributed by atoms with E-state index < -0.39 is 0 Å². The molecule has 0 spiro atoms. The zero-order chi connectivity index (χ0) is 12.3. The van der Waals surface area contributed by atoms with Crippen LogP contribution < -0.4 is 16.6 Å². The van der Waals surface area contributed by atoms with Crippen molar-refractivity contribution < 1.29 is 0 Å². The number of nitrogens with one attached hydrogen (secondary N) is 2. The van der Waals surface area contributed by atoms with Crippen LogP contribution in [0.25, 0.3) is 0 Å². The van der Waals surface area contributed by atoms with Crippen molar-refractivity contribution in [2.45, 2.75) is 19.9 Å². The van der Waals surface area contributed by atoms with Gasteiger partial charge in [0.1, 0.15) is 16.6 Å².